The van der Waals surface area contributed by atoms with E-state index in [1.54, 1.807) is 0 Å². The maximum atomic E-state index is 10.6. The molecule has 0 radical (unpaired) electrons. The highest BCUT2D eigenvalue weighted by molar-refractivity contribution is 6.32. The van der Waals surface area contributed by atoms with Gasteiger partial charge >= 0.3 is 0 Å². The molecule has 1 saturated carbocycles. The van der Waals surface area contributed by atoms with E-state index in [0.29, 0.717) is 6.42 Å². The van der Waals surface area contributed by atoms with E-state index in [0.717, 1.165) is 0 Å². The van der Waals surface area contributed by atoms with E-state index in [1.807, 2.05) is 0 Å². The zero-order chi connectivity index (χ0) is 13.3. The van der Waals surface area contributed by atoms with E-state index >= 15 is 0 Å². The first-order chi connectivity index (χ1) is 8.52. The Morgan fingerprint density at radius 2 is 2.28 bits per heavy atom. The Morgan fingerprint density at radius 1 is 1.56 bits per heavy atom. The van der Waals surface area contributed by atoms with Gasteiger partial charge in [0.25, 0.3) is 5.69 Å². The first-order valence-corrected chi connectivity index (χ1v) is 5.72. The number of nitrogens with zero attached hydrogens (tertiary/aromatic N) is 1. The lowest BCUT2D eigenvalue weighted by Crippen LogP contribution is -2.54. The molecular formula is C11H12ClNO5. The molecule has 0 bridgehead atoms. The molecular weight excluding hydrogens is 262 g/mol. The summed E-state index contributed by atoms with van der Waals surface area (Å²) in [6, 6.07) is 3.98. The van der Waals surface area contributed by atoms with Crippen LogP contribution in [0.25, 0.3) is 0 Å². The first kappa shape index (κ1) is 13.1. The zero-order valence-electron chi connectivity index (χ0n) is 9.58. The van der Waals surface area contributed by atoms with Crippen molar-refractivity contribution in [2.75, 3.05) is 7.11 Å². The number of nitro benzene ring substituents is 1. The maximum Gasteiger partial charge on any atom is 0.273 e. The number of non-ortho nitro benzene ring substituents is 1. The van der Waals surface area contributed by atoms with Gasteiger partial charge in [0.15, 0.2) is 0 Å². The van der Waals surface area contributed by atoms with Crippen molar-refractivity contribution in [3.63, 3.8) is 0 Å². The van der Waals surface area contributed by atoms with Gasteiger partial charge < -0.3 is 14.6 Å². The summed E-state index contributed by atoms with van der Waals surface area (Å²) in [6.45, 7) is 0. The Hall–Kier alpha value is -1.37. The van der Waals surface area contributed by atoms with Crippen LogP contribution in [0, 0.1) is 10.1 Å². The summed E-state index contributed by atoms with van der Waals surface area (Å²) in [5.74, 6) is 0.227. The molecule has 0 saturated heterocycles. The molecule has 0 spiro atoms. The number of aliphatic hydroxyl groups is 1. The first-order valence-electron chi connectivity index (χ1n) is 5.34. The van der Waals surface area contributed by atoms with Crippen molar-refractivity contribution in [1.82, 2.24) is 0 Å². The maximum absolute atomic E-state index is 10.6. The Bertz CT molecular complexity index is 467. The van der Waals surface area contributed by atoms with Crippen LogP contribution in [0.3, 0.4) is 0 Å². The van der Waals surface area contributed by atoms with E-state index in [-0.39, 0.29) is 22.6 Å². The van der Waals surface area contributed by atoms with Crippen LogP contribution in [0.2, 0.25) is 5.02 Å². The van der Waals surface area contributed by atoms with Gasteiger partial charge in [-0.2, -0.15) is 0 Å². The second-order valence-electron chi connectivity index (χ2n) is 4.03. The summed E-state index contributed by atoms with van der Waals surface area (Å²) in [5.41, 5.74) is -0.0942. The number of methoxy groups -OCH3 is 1. The highest BCUT2D eigenvalue weighted by atomic mass is 35.5. The van der Waals surface area contributed by atoms with Gasteiger partial charge in [0.05, 0.1) is 22.1 Å². The Morgan fingerprint density at radius 3 is 2.83 bits per heavy atom. The van der Waals surface area contributed by atoms with E-state index in [1.165, 1.54) is 25.3 Å². The molecule has 1 aromatic carbocycles. The fraction of sp³-hybridized carbons (Fsp3) is 0.455. The topological polar surface area (TPSA) is 81.8 Å². The average molecular weight is 274 g/mol. The number of hydrogen-bond donors (Lipinski definition) is 1. The molecule has 18 heavy (non-hydrogen) atoms. The molecule has 1 aromatic rings. The van der Waals surface area contributed by atoms with Crippen molar-refractivity contribution in [2.45, 2.75) is 24.7 Å². The Balaban J connectivity index is 2.14. The van der Waals surface area contributed by atoms with Crippen LogP contribution in [0.1, 0.15) is 6.42 Å². The fourth-order valence-corrected chi connectivity index (χ4v) is 2.00. The molecule has 1 N–H and O–H groups in total. The minimum atomic E-state index is -0.572. The molecule has 1 aliphatic carbocycles. The van der Waals surface area contributed by atoms with Gasteiger partial charge in [-0.1, -0.05) is 11.6 Å². The summed E-state index contributed by atoms with van der Waals surface area (Å²) in [4.78, 5) is 10.1. The number of halogens is 1. The van der Waals surface area contributed by atoms with Crippen LogP contribution < -0.4 is 4.74 Å². The van der Waals surface area contributed by atoms with Gasteiger partial charge in [-0.15, -0.1) is 0 Å². The summed E-state index contributed by atoms with van der Waals surface area (Å²) in [5, 5.41) is 20.4. The van der Waals surface area contributed by atoms with Crippen molar-refractivity contribution in [1.29, 1.82) is 0 Å². The summed E-state index contributed by atoms with van der Waals surface area (Å²) in [6.07, 6.45) is -0.931. The highest BCUT2D eigenvalue weighted by Crippen LogP contribution is 2.34. The van der Waals surface area contributed by atoms with E-state index < -0.39 is 17.1 Å². The molecule has 0 aromatic heterocycles. The highest BCUT2D eigenvalue weighted by Gasteiger charge is 2.42. The van der Waals surface area contributed by atoms with Crippen LogP contribution in [-0.2, 0) is 4.74 Å². The summed E-state index contributed by atoms with van der Waals surface area (Å²) >= 11 is 5.90. The predicted octanol–water partition coefficient (Wildman–Crippen LogP) is 1.78. The van der Waals surface area contributed by atoms with E-state index in [2.05, 4.69) is 0 Å². The third kappa shape index (κ3) is 2.40. The van der Waals surface area contributed by atoms with Gasteiger partial charge in [0.1, 0.15) is 18.0 Å². The van der Waals surface area contributed by atoms with E-state index in [9.17, 15) is 15.2 Å². The molecule has 2 rings (SSSR count). The van der Waals surface area contributed by atoms with Gasteiger partial charge in [-0.3, -0.25) is 10.1 Å². The minimum Gasteiger partial charge on any atom is -0.486 e. The molecule has 98 valence electrons. The van der Waals surface area contributed by atoms with Gasteiger partial charge in [0.2, 0.25) is 0 Å². The third-order valence-corrected chi connectivity index (χ3v) is 3.21. The molecule has 6 nitrogen and oxygen atoms in total. The lowest BCUT2D eigenvalue weighted by molar-refractivity contribution is -0.385. The normalized spacial score (nSPS) is 26.5. The minimum absolute atomic E-state index is 0.0942. The predicted molar refractivity (Wildman–Crippen MR) is 63.9 cm³/mol. The second-order valence-corrected chi connectivity index (χ2v) is 4.44. The van der Waals surface area contributed by atoms with Crippen molar-refractivity contribution in [3.05, 3.63) is 33.3 Å². The molecule has 3 unspecified atom stereocenters. The molecule has 1 aliphatic rings. The van der Waals surface area contributed by atoms with Crippen molar-refractivity contribution in [3.8, 4) is 5.75 Å². The number of nitro groups is 1. The van der Waals surface area contributed by atoms with Gasteiger partial charge in [-0.05, 0) is 6.07 Å². The summed E-state index contributed by atoms with van der Waals surface area (Å²) < 4.78 is 10.6. The zero-order valence-corrected chi connectivity index (χ0v) is 10.3. The van der Waals surface area contributed by atoms with Crippen LogP contribution in [0.15, 0.2) is 18.2 Å². The Kier molecular flexibility index (Phi) is 3.70. The Labute approximate surface area is 108 Å². The van der Waals surface area contributed by atoms with Gasteiger partial charge in [0, 0.05) is 19.6 Å². The average Bonchev–Trinajstić information content (AvgIpc) is 2.31. The smallest absolute Gasteiger partial charge is 0.273 e. The molecule has 1 fully saturated rings. The van der Waals surface area contributed by atoms with E-state index in [4.69, 9.17) is 21.1 Å². The van der Waals surface area contributed by atoms with Crippen molar-refractivity contribution in [2.24, 2.45) is 0 Å². The standard InChI is InChI=1S/C11H12ClNO5/c1-17-11-8(14)5-10(11)18-9-4-6(13(15)16)2-3-7(9)12/h2-4,8,10-11,14H,5H2,1H3. The SMILES string of the molecule is COC1C(O)CC1Oc1cc([N+](=O)[O-])ccc1Cl. The number of aliphatic hydroxyl groups excluding tert-OH is 1. The number of benzene rings is 1. The summed E-state index contributed by atoms with van der Waals surface area (Å²) in [7, 11) is 1.47. The van der Waals surface area contributed by atoms with Crippen LogP contribution in [0.5, 0.6) is 5.75 Å². The molecule has 0 amide bonds. The lowest BCUT2D eigenvalue weighted by Gasteiger charge is -2.40. The quantitative estimate of drug-likeness (QED) is 0.668. The van der Waals surface area contributed by atoms with Crippen LogP contribution in [-0.4, -0.2) is 35.5 Å². The monoisotopic (exact) mass is 273 g/mol. The van der Waals surface area contributed by atoms with Gasteiger partial charge in [-0.25, -0.2) is 0 Å². The van der Waals surface area contributed by atoms with Crippen molar-refractivity contribution < 1.29 is 19.5 Å². The van der Waals surface area contributed by atoms with Crippen LogP contribution >= 0.6 is 11.6 Å². The molecule has 3 atom stereocenters. The molecule has 0 heterocycles. The number of ether oxygens (including phenoxy) is 2. The fourth-order valence-electron chi connectivity index (χ4n) is 1.84. The number of hydrogen-bond acceptors (Lipinski definition) is 5. The molecule has 0 aliphatic heterocycles. The largest absolute Gasteiger partial charge is 0.486 e. The second kappa shape index (κ2) is 5.09. The molecule has 7 heteroatoms. The third-order valence-electron chi connectivity index (χ3n) is 2.90. The van der Waals surface area contributed by atoms with Crippen molar-refractivity contribution >= 4 is 17.3 Å². The lowest BCUT2D eigenvalue weighted by atomic mass is 9.88. The number of rotatable bonds is 4. The van der Waals surface area contributed by atoms with Crippen LogP contribution in [0.4, 0.5) is 5.69 Å².